The predicted octanol–water partition coefficient (Wildman–Crippen LogP) is 4.15. The molecule has 5 nitrogen and oxygen atoms in total. The van der Waals surface area contributed by atoms with Crippen molar-refractivity contribution in [3.8, 4) is 0 Å². The van der Waals surface area contributed by atoms with Crippen molar-refractivity contribution in [3.05, 3.63) is 54.4 Å². The topological polar surface area (TPSA) is 48.5 Å². The Kier molecular flexibility index (Phi) is 6.18. The normalized spacial score (nSPS) is 11.7. The second-order valence-electron chi connectivity index (χ2n) is 5.71. The van der Waals surface area contributed by atoms with Crippen LogP contribution in [-0.2, 0) is 0 Å². The van der Waals surface area contributed by atoms with Crippen molar-refractivity contribution in [1.82, 2.24) is 9.88 Å². The first-order valence-corrected chi connectivity index (χ1v) is 8.36. The number of hydrogen-bond donors (Lipinski definition) is 1. The third-order valence-electron chi connectivity index (χ3n) is 4.27. The van der Waals surface area contributed by atoms with Crippen LogP contribution < -0.4 is 10.2 Å². The van der Waals surface area contributed by atoms with E-state index in [1.165, 1.54) is 0 Å². The Morgan fingerprint density at radius 2 is 1.92 bits per heavy atom. The van der Waals surface area contributed by atoms with Gasteiger partial charge in [-0.15, -0.1) is 0 Å². The Balaban J connectivity index is 2.19. The smallest absolute Gasteiger partial charge is 0.322 e. The number of carbonyl (C=O) groups is 1. The number of anilines is 2. The first kappa shape index (κ1) is 17.8. The van der Waals surface area contributed by atoms with Gasteiger partial charge in [0.1, 0.15) is 0 Å². The Bertz CT molecular complexity index is 659. The van der Waals surface area contributed by atoms with Crippen LogP contribution >= 0.6 is 0 Å². The highest BCUT2D eigenvalue weighted by Crippen LogP contribution is 2.26. The summed E-state index contributed by atoms with van der Waals surface area (Å²) in [6, 6.07) is 11.6. The van der Waals surface area contributed by atoms with Crippen LogP contribution in [0.5, 0.6) is 0 Å². The summed E-state index contributed by atoms with van der Waals surface area (Å²) in [6.45, 7) is 7.58. The fourth-order valence-corrected chi connectivity index (χ4v) is 2.67. The van der Waals surface area contributed by atoms with E-state index in [1.807, 2.05) is 57.3 Å². The van der Waals surface area contributed by atoms with Crippen molar-refractivity contribution in [2.45, 2.75) is 26.8 Å². The maximum absolute atomic E-state index is 12.8. The Hall–Kier alpha value is -2.56. The van der Waals surface area contributed by atoms with Gasteiger partial charge in [0.15, 0.2) is 0 Å². The van der Waals surface area contributed by atoms with Gasteiger partial charge in [0.25, 0.3) is 0 Å². The lowest BCUT2D eigenvalue weighted by Crippen LogP contribution is -2.37. The highest BCUT2D eigenvalue weighted by molar-refractivity contribution is 5.93. The number of aromatic nitrogens is 1. The summed E-state index contributed by atoms with van der Waals surface area (Å²) < 4.78 is 0. The van der Waals surface area contributed by atoms with E-state index < -0.39 is 0 Å². The maximum Gasteiger partial charge on any atom is 0.322 e. The molecule has 2 rings (SSSR count). The van der Waals surface area contributed by atoms with Gasteiger partial charge in [-0.1, -0.05) is 18.2 Å². The molecule has 1 heterocycles. The number of amides is 2. The van der Waals surface area contributed by atoms with Crippen molar-refractivity contribution >= 4 is 17.4 Å². The minimum Gasteiger partial charge on any atom is -0.373 e. The second kappa shape index (κ2) is 8.34. The van der Waals surface area contributed by atoms with E-state index in [2.05, 4.69) is 22.1 Å². The van der Waals surface area contributed by atoms with Crippen molar-refractivity contribution < 1.29 is 4.79 Å². The van der Waals surface area contributed by atoms with Gasteiger partial charge in [-0.3, -0.25) is 4.98 Å². The third kappa shape index (κ3) is 4.04. The first-order chi connectivity index (χ1) is 11.6. The number of carbonyl (C=O) groups excluding carboxylic acids is 1. The fourth-order valence-electron chi connectivity index (χ4n) is 2.67. The van der Waals surface area contributed by atoms with Gasteiger partial charge in [-0.05, 0) is 44.5 Å². The molecule has 0 saturated carbocycles. The quantitative estimate of drug-likeness (QED) is 0.867. The van der Waals surface area contributed by atoms with Crippen molar-refractivity contribution in [2.24, 2.45) is 0 Å². The van der Waals surface area contributed by atoms with Gasteiger partial charge in [-0.2, -0.15) is 0 Å². The van der Waals surface area contributed by atoms with Gasteiger partial charge in [0, 0.05) is 32.5 Å². The molecule has 0 unspecified atom stereocenters. The molecule has 0 aliphatic rings. The molecule has 0 bridgehead atoms. The second-order valence-corrected chi connectivity index (χ2v) is 5.71. The lowest BCUT2D eigenvalue weighted by atomic mass is 10.1. The number of pyridine rings is 1. The van der Waals surface area contributed by atoms with Crippen molar-refractivity contribution in [1.29, 1.82) is 0 Å². The van der Waals surface area contributed by atoms with Gasteiger partial charge < -0.3 is 15.1 Å². The van der Waals surface area contributed by atoms with E-state index in [-0.39, 0.29) is 12.1 Å². The molecular formula is C19H26N4O. The van der Waals surface area contributed by atoms with E-state index >= 15 is 0 Å². The van der Waals surface area contributed by atoms with Crippen LogP contribution in [-0.4, -0.2) is 36.1 Å². The van der Waals surface area contributed by atoms with Crippen LogP contribution in [0.4, 0.5) is 16.2 Å². The molecule has 0 aliphatic heterocycles. The third-order valence-corrected chi connectivity index (χ3v) is 4.27. The monoisotopic (exact) mass is 326 g/mol. The zero-order chi connectivity index (χ0) is 17.5. The summed E-state index contributed by atoms with van der Waals surface area (Å²) in [5, 5.41) is 3.05. The number of hydrogen-bond acceptors (Lipinski definition) is 3. The summed E-state index contributed by atoms with van der Waals surface area (Å²) in [4.78, 5) is 20.9. The summed E-state index contributed by atoms with van der Waals surface area (Å²) >= 11 is 0. The Morgan fingerprint density at radius 3 is 2.54 bits per heavy atom. The predicted molar refractivity (Wildman–Crippen MR) is 99.4 cm³/mol. The van der Waals surface area contributed by atoms with E-state index in [0.717, 1.165) is 23.5 Å². The molecule has 1 aromatic carbocycles. The zero-order valence-corrected chi connectivity index (χ0v) is 14.9. The highest BCUT2D eigenvalue weighted by atomic mass is 16.2. The molecule has 5 heteroatoms. The van der Waals surface area contributed by atoms with E-state index in [1.54, 1.807) is 17.3 Å². The molecule has 24 heavy (non-hydrogen) atoms. The molecule has 1 atom stereocenters. The summed E-state index contributed by atoms with van der Waals surface area (Å²) in [5.74, 6) is 0. The molecule has 128 valence electrons. The number of rotatable bonds is 6. The standard InChI is InChI=1S/C19H26N4O/c1-5-22(4)18-12-8-7-11-17(18)21-19(24)23(6-2)15(3)16-10-9-13-20-14-16/h7-15H,5-6H2,1-4H3,(H,21,24)/t15-/m1/s1. The van der Waals surface area contributed by atoms with Crippen LogP contribution in [0, 0.1) is 0 Å². The first-order valence-electron chi connectivity index (χ1n) is 8.36. The molecule has 2 amide bonds. The minimum atomic E-state index is -0.106. The van der Waals surface area contributed by atoms with Gasteiger partial charge in [0.05, 0.1) is 17.4 Å². The Labute approximate surface area is 144 Å². The number of nitrogens with one attached hydrogen (secondary N) is 1. The number of benzene rings is 1. The van der Waals surface area contributed by atoms with Crippen LogP contribution in [0.1, 0.15) is 32.4 Å². The van der Waals surface area contributed by atoms with E-state index in [0.29, 0.717) is 6.54 Å². The molecule has 0 radical (unpaired) electrons. The summed E-state index contributed by atoms with van der Waals surface area (Å²) in [7, 11) is 2.01. The molecule has 1 N–H and O–H groups in total. The van der Waals surface area contributed by atoms with E-state index in [9.17, 15) is 4.79 Å². The molecule has 0 aliphatic carbocycles. The summed E-state index contributed by atoms with van der Waals surface area (Å²) in [6.07, 6.45) is 3.54. The molecule has 0 saturated heterocycles. The van der Waals surface area contributed by atoms with Gasteiger partial charge in [-0.25, -0.2) is 4.79 Å². The number of urea groups is 1. The average molecular weight is 326 g/mol. The highest BCUT2D eigenvalue weighted by Gasteiger charge is 2.21. The minimum absolute atomic E-state index is 0.0419. The summed E-state index contributed by atoms with van der Waals surface area (Å²) in [5.41, 5.74) is 2.86. The van der Waals surface area contributed by atoms with Crippen LogP contribution in [0.2, 0.25) is 0 Å². The molecule has 0 fully saturated rings. The lowest BCUT2D eigenvalue weighted by Gasteiger charge is -2.29. The Morgan fingerprint density at radius 1 is 1.17 bits per heavy atom. The van der Waals surface area contributed by atoms with E-state index in [4.69, 9.17) is 0 Å². The van der Waals surface area contributed by atoms with Crippen molar-refractivity contribution in [2.75, 3.05) is 30.4 Å². The zero-order valence-electron chi connectivity index (χ0n) is 14.9. The SMILES string of the molecule is CCN(C)c1ccccc1NC(=O)N(CC)[C@H](C)c1cccnc1. The fraction of sp³-hybridized carbons (Fsp3) is 0.368. The molecule has 1 aromatic heterocycles. The molecule has 2 aromatic rings. The lowest BCUT2D eigenvalue weighted by molar-refractivity contribution is 0.197. The van der Waals surface area contributed by atoms with Crippen LogP contribution in [0.3, 0.4) is 0 Å². The number of nitrogens with zero attached hydrogens (tertiary/aromatic N) is 3. The van der Waals surface area contributed by atoms with Gasteiger partial charge >= 0.3 is 6.03 Å². The molecule has 0 spiro atoms. The number of para-hydroxylation sites is 2. The maximum atomic E-state index is 12.8. The van der Waals surface area contributed by atoms with Crippen LogP contribution in [0.25, 0.3) is 0 Å². The molecular weight excluding hydrogens is 300 g/mol. The van der Waals surface area contributed by atoms with Gasteiger partial charge in [0.2, 0.25) is 0 Å². The average Bonchev–Trinajstić information content (AvgIpc) is 2.62. The van der Waals surface area contributed by atoms with Crippen LogP contribution in [0.15, 0.2) is 48.8 Å². The van der Waals surface area contributed by atoms with Crippen molar-refractivity contribution in [3.63, 3.8) is 0 Å². The largest absolute Gasteiger partial charge is 0.373 e.